The van der Waals surface area contributed by atoms with E-state index in [0.29, 0.717) is 28.5 Å². The summed E-state index contributed by atoms with van der Waals surface area (Å²) < 4.78 is 0. The van der Waals surface area contributed by atoms with Gasteiger partial charge in [-0.25, -0.2) is 0 Å². The molecular formula is C17H27ClO2. The molecule has 1 atom stereocenters. The zero-order valence-corrected chi connectivity index (χ0v) is 13.8. The second-order valence-electron chi connectivity index (χ2n) is 6.32. The van der Waals surface area contributed by atoms with Gasteiger partial charge in [-0.05, 0) is 43.2 Å². The van der Waals surface area contributed by atoms with Crippen molar-refractivity contribution in [2.75, 3.05) is 0 Å². The van der Waals surface area contributed by atoms with Crippen LogP contribution in [0.5, 0.6) is 11.5 Å². The van der Waals surface area contributed by atoms with Crippen molar-refractivity contribution in [3.05, 3.63) is 22.2 Å². The molecule has 0 saturated carbocycles. The number of aryl methyl sites for hydroxylation is 1. The van der Waals surface area contributed by atoms with Gasteiger partial charge in [0.25, 0.3) is 0 Å². The van der Waals surface area contributed by atoms with Crippen LogP contribution in [0.4, 0.5) is 0 Å². The highest BCUT2D eigenvalue weighted by molar-refractivity contribution is 6.33. The van der Waals surface area contributed by atoms with Crippen molar-refractivity contribution in [2.24, 2.45) is 11.8 Å². The molecule has 20 heavy (non-hydrogen) atoms. The number of hydrogen-bond acceptors (Lipinski definition) is 2. The Kier molecular flexibility index (Phi) is 6.67. The fraction of sp³-hybridized carbons (Fsp3) is 0.647. The van der Waals surface area contributed by atoms with Crippen LogP contribution in [0.15, 0.2) is 6.07 Å². The van der Waals surface area contributed by atoms with Crippen LogP contribution in [0.3, 0.4) is 0 Å². The average molecular weight is 299 g/mol. The van der Waals surface area contributed by atoms with Crippen LogP contribution in [-0.2, 0) is 6.42 Å². The fourth-order valence-electron chi connectivity index (χ4n) is 2.45. The van der Waals surface area contributed by atoms with E-state index in [1.807, 2.05) is 0 Å². The van der Waals surface area contributed by atoms with Gasteiger partial charge in [0, 0.05) is 5.56 Å². The van der Waals surface area contributed by atoms with Crippen molar-refractivity contribution >= 4 is 11.6 Å². The van der Waals surface area contributed by atoms with E-state index in [1.54, 1.807) is 13.0 Å². The minimum Gasteiger partial charge on any atom is -0.508 e. The number of halogens is 1. The van der Waals surface area contributed by atoms with Gasteiger partial charge in [-0.2, -0.15) is 0 Å². The minimum absolute atomic E-state index is 0.0403. The molecule has 1 unspecified atom stereocenters. The standard InChI is InChI=1S/C17H27ClO2/c1-11(2)6-5-7-12(3)8-9-14-15(19)10-13(4)16(18)17(14)20/h10-12,19-20H,5-9H2,1-4H3. The van der Waals surface area contributed by atoms with E-state index in [0.717, 1.165) is 12.3 Å². The van der Waals surface area contributed by atoms with Gasteiger partial charge in [-0.1, -0.05) is 51.6 Å². The van der Waals surface area contributed by atoms with E-state index < -0.39 is 0 Å². The first kappa shape index (κ1) is 17.2. The van der Waals surface area contributed by atoms with Crippen molar-refractivity contribution in [1.29, 1.82) is 0 Å². The van der Waals surface area contributed by atoms with Gasteiger partial charge in [-0.3, -0.25) is 0 Å². The minimum atomic E-state index is 0.0403. The molecule has 1 aromatic rings. The lowest BCUT2D eigenvalue weighted by molar-refractivity contribution is 0.414. The van der Waals surface area contributed by atoms with Crippen LogP contribution in [0.25, 0.3) is 0 Å². The number of aromatic hydroxyl groups is 2. The van der Waals surface area contributed by atoms with E-state index in [2.05, 4.69) is 20.8 Å². The molecule has 0 aromatic heterocycles. The fourth-order valence-corrected chi connectivity index (χ4v) is 2.62. The number of benzene rings is 1. The zero-order chi connectivity index (χ0) is 15.3. The monoisotopic (exact) mass is 298 g/mol. The zero-order valence-electron chi connectivity index (χ0n) is 13.0. The first-order valence-electron chi connectivity index (χ1n) is 7.52. The quantitative estimate of drug-likeness (QED) is 0.702. The van der Waals surface area contributed by atoms with Crippen LogP contribution in [0.2, 0.25) is 5.02 Å². The van der Waals surface area contributed by atoms with Gasteiger partial charge in [0.1, 0.15) is 11.5 Å². The number of phenols is 2. The molecule has 2 N–H and O–H groups in total. The summed E-state index contributed by atoms with van der Waals surface area (Å²) in [5.74, 6) is 1.54. The molecule has 114 valence electrons. The summed E-state index contributed by atoms with van der Waals surface area (Å²) in [6.45, 7) is 8.49. The molecule has 0 saturated heterocycles. The van der Waals surface area contributed by atoms with Crippen LogP contribution >= 0.6 is 11.6 Å². The normalized spacial score (nSPS) is 12.9. The maximum absolute atomic E-state index is 10.0. The van der Waals surface area contributed by atoms with E-state index in [-0.39, 0.29) is 11.5 Å². The summed E-state index contributed by atoms with van der Waals surface area (Å²) in [6, 6.07) is 1.63. The predicted octanol–water partition coefficient (Wildman–Crippen LogP) is 5.45. The lowest BCUT2D eigenvalue weighted by atomic mass is 9.93. The van der Waals surface area contributed by atoms with Gasteiger partial charge in [-0.15, -0.1) is 0 Å². The Balaban J connectivity index is 2.55. The summed E-state index contributed by atoms with van der Waals surface area (Å²) in [5.41, 5.74) is 1.28. The van der Waals surface area contributed by atoms with Gasteiger partial charge in [0.15, 0.2) is 0 Å². The van der Waals surface area contributed by atoms with Crippen molar-refractivity contribution < 1.29 is 10.2 Å². The second kappa shape index (κ2) is 7.78. The Labute approximate surface area is 127 Å². The molecule has 0 aliphatic rings. The summed E-state index contributed by atoms with van der Waals surface area (Å²) >= 11 is 6.03. The summed E-state index contributed by atoms with van der Waals surface area (Å²) in [6.07, 6.45) is 5.32. The van der Waals surface area contributed by atoms with Crippen molar-refractivity contribution in [1.82, 2.24) is 0 Å². The highest BCUT2D eigenvalue weighted by Crippen LogP contribution is 2.38. The number of rotatable bonds is 7. The topological polar surface area (TPSA) is 40.5 Å². The Morgan fingerprint density at radius 1 is 1.10 bits per heavy atom. The van der Waals surface area contributed by atoms with E-state index in [9.17, 15) is 10.2 Å². The average Bonchev–Trinajstić information content (AvgIpc) is 2.35. The van der Waals surface area contributed by atoms with Gasteiger partial charge in [0.05, 0.1) is 5.02 Å². The lowest BCUT2D eigenvalue weighted by Gasteiger charge is -2.15. The third-order valence-corrected chi connectivity index (χ3v) is 4.35. The molecule has 0 fully saturated rings. The molecule has 3 heteroatoms. The molecule has 1 aromatic carbocycles. The van der Waals surface area contributed by atoms with Crippen LogP contribution in [0, 0.1) is 18.8 Å². The summed E-state index contributed by atoms with van der Waals surface area (Å²) in [5, 5.41) is 20.3. The summed E-state index contributed by atoms with van der Waals surface area (Å²) in [4.78, 5) is 0. The van der Waals surface area contributed by atoms with Crippen LogP contribution < -0.4 is 0 Å². The molecule has 0 aliphatic carbocycles. The first-order valence-corrected chi connectivity index (χ1v) is 7.90. The Morgan fingerprint density at radius 3 is 2.35 bits per heavy atom. The smallest absolute Gasteiger partial charge is 0.141 e. The van der Waals surface area contributed by atoms with Crippen molar-refractivity contribution in [2.45, 2.75) is 59.8 Å². The molecular weight excluding hydrogens is 272 g/mol. The highest BCUT2D eigenvalue weighted by Gasteiger charge is 2.15. The summed E-state index contributed by atoms with van der Waals surface area (Å²) in [7, 11) is 0. The van der Waals surface area contributed by atoms with Gasteiger partial charge in [0.2, 0.25) is 0 Å². The first-order chi connectivity index (χ1) is 9.32. The molecule has 1 rings (SSSR count). The molecule has 0 aliphatic heterocycles. The van der Waals surface area contributed by atoms with E-state index in [1.165, 1.54) is 19.3 Å². The SMILES string of the molecule is Cc1cc(O)c(CCC(C)CCCC(C)C)c(O)c1Cl. The highest BCUT2D eigenvalue weighted by atomic mass is 35.5. The maximum Gasteiger partial charge on any atom is 0.141 e. The third-order valence-electron chi connectivity index (χ3n) is 3.87. The third kappa shape index (κ3) is 4.90. The van der Waals surface area contributed by atoms with Gasteiger partial charge < -0.3 is 10.2 Å². The largest absolute Gasteiger partial charge is 0.508 e. The molecule has 0 heterocycles. The Bertz CT molecular complexity index is 441. The van der Waals surface area contributed by atoms with E-state index in [4.69, 9.17) is 11.6 Å². The van der Waals surface area contributed by atoms with E-state index >= 15 is 0 Å². The molecule has 0 bridgehead atoms. The van der Waals surface area contributed by atoms with Crippen molar-refractivity contribution in [3.63, 3.8) is 0 Å². The van der Waals surface area contributed by atoms with Crippen LogP contribution in [-0.4, -0.2) is 10.2 Å². The van der Waals surface area contributed by atoms with Gasteiger partial charge >= 0.3 is 0 Å². The molecule has 0 radical (unpaired) electrons. The number of hydrogen-bond donors (Lipinski definition) is 2. The van der Waals surface area contributed by atoms with Crippen molar-refractivity contribution in [3.8, 4) is 11.5 Å². The molecule has 2 nitrogen and oxygen atoms in total. The predicted molar refractivity (Wildman–Crippen MR) is 85.7 cm³/mol. The Hall–Kier alpha value is -0.890. The Morgan fingerprint density at radius 2 is 1.75 bits per heavy atom. The second-order valence-corrected chi connectivity index (χ2v) is 6.70. The molecule has 0 spiro atoms. The maximum atomic E-state index is 10.0. The lowest BCUT2D eigenvalue weighted by Crippen LogP contribution is -2.00. The number of phenolic OH excluding ortho intramolecular Hbond substituents is 2. The van der Waals surface area contributed by atoms with Crippen LogP contribution in [0.1, 0.15) is 57.6 Å². The molecule has 0 amide bonds.